The molecule has 0 amide bonds. The Morgan fingerprint density at radius 1 is 1.00 bits per heavy atom. The topological polar surface area (TPSA) is 70.2 Å². The molecule has 0 radical (unpaired) electrons. The van der Waals surface area contributed by atoms with Crippen molar-refractivity contribution in [2.24, 2.45) is 0 Å². The molecule has 0 bridgehead atoms. The van der Waals surface area contributed by atoms with Gasteiger partial charge in [0.1, 0.15) is 22.4 Å². The summed E-state index contributed by atoms with van der Waals surface area (Å²) in [4.78, 5) is 14.2. The number of benzene rings is 3. The molecule has 2 aromatic heterocycles. The van der Waals surface area contributed by atoms with E-state index in [1.807, 2.05) is 67.6 Å². The highest BCUT2D eigenvalue weighted by Crippen LogP contribution is 2.27. The second-order valence-corrected chi connectivity index (χ2v) is 7.78. The van der Waals surface area contributed by atoms with Crippen LogP contribution in [0.1, 0.15) is 25.3 Å². The second-order valence-electron chi connectivity index (χ2n) is 7.78. The molecular formula is C26H23N3O3. The molecular weight excluding hydrogens is 402 g/mol. The first kappa shape index (κ1) is 20.0. The zero-order chi connectivity index (χ0) is 22.1. The van der Waals surface area contributed by atoms with Crippen LogP contribution in [-0.4, -0.2) is 21.6 Å². The Kier molecular flexibility index (Phi) is 5.19. The molecule has 0 saturated heterocycles. The van der Waals surface area contributed by atoms with Crippen molar-refractivity contribution in [3.8, 4) is 22.6 Å². The molecule has 0 atom stereocenters. The Labute approximate surface area is 185 Å². The van der Waals surface area contributed by atoms with E-state index in [1.54, 1.807) is 10.9 Å². The first-order valence-corrected chi connectivity index (χ1v) is 10.8. The van der Waals surface area contributed by atoms with E-state index >= 15 is 0 Å². The fourth-order valence-corrected chi connectivity index (χ4v) is 3.73. The van der Waals surface area contributed by atoms with Gasteiger partial charge in [0.2, 0.25) is 0 Å². The maximum absolute atomic E-state index is 12.6. The Bertz CT molecular complexity index is 1470. The SMILES string of the molecule is CCCCOc1ccc2nn(-c3ccc4cc(-c5ccccc5)c(=O)oc4c3)nc2c1C. The van der Waals surface area contributed by atoms with Gasteiger partial charge in [0.05, 0.1) is 17.9 Å². The first-order valence-electron chi connectivity index (χ1n) is 10.8. The van der Waals surface area contributed by atoms with Crippen molar-refractivity contribution in [2.45, 2.75) is 26.7 Å². The van der Waals surface area contributed by atoms with Crippen LogP contribution in [0.15, 0.2) is 75.9 Å². The van der Waals surface area contributed by atoms with Crippen molar-refractivity contribution < 1.29 is 9.15 Å². The van der Waals surface area contributed by atoms with E-state index < -0.39 is 0 Å². The average Bonchev–Trinajstić information content (AvgIpc) is 3.26. The summed E-state index contributed by atoms with van der Waals surface area (Å²) >= 11 is 0. The van der Waals surface area contributed by atoms with E-state index in [1.165, 1.54) is 0 Å². The van der Waals surface area contributed by atoms with Crippen LogP contribution in [0, 0.1) is 6.92 Å². The fourth-order valence-electron chi connectivity index (χ4n) is 3.73. The molecule has 0 spiro atoms. The smallest absolute Gasteiger partial charge is 0.344 e. The number of aryl methyl sites for hydroxylation is 1. The van der Waals surface area contributed by atoms with Crippen LogP contribution in [0.25, 0.3) is 38.8 Å². The summed E-state index contributed by atoms with van der Waals surface area (Å²) in [6, 6.07) is 20.9. The van der Waals surface area contributed by atoms with Gasteiger partial charge < -0.3 is 9.15 Å². The highest BCUT2D eigenvalue weighted by atomic mass is 16.5. The van der Waals surface area contributed by atoms with E-state index in [2.05, 4.69) is 17.1 Å². The minimum atomic E-state index is -0.371. The van der Waals surface area contributed by atoms with Crippen molar-refractivity contribution in [3.63, 3.8) is 0 Å². The van der Waals surface area contributed by atoms with Gasteiger partial charge >= 0.3 is 5.63 Å². The molecule has 0 N–H and O–H groups in total. The van der Waals surface area contributed by atoms with Crippen molar-refractivity contribution in [3.05, 3.63) is 82.7 Å². The second kappa shape index (κ2) is 8.30. The van der Waals surface area contributed by atoms with Gasteiger partial charge in [0.15, 0.2) is 0 Å². The molecule has 160 valence electrons. The average molecular weight is 425 g/mol. The zero-order valence-electron chi connectivity index (χ0n) is 18.0. The lowest BCUT2D eigenvalue weighted by Crippen LogP contribution is -2.03. The first-order chi connectivity index (χ1) is 15.6. The van der Waals surface area contributed by atoms with E-state index in [4.69, 9.17) is 9.15 Å². The van der Waals surface area contributed by atoms with Gasteiger partial charge in [-0.05, 0) is 49.2 Å². The minimum absolute atomic E-state index is 0.371. The van der Waals surface area contributed by atoms with Crippen molar-refractivity contribution in [1.82, 2.24) is 15.0 Å². The quantitative estimate of drug-likeness (QED) is 0.258. The van der Waals surface area contributed by atoms with Crippen LogP contribution in [0.2, 0.25) is 0 Å². The molecule has 5 rings (SSSR count). The predicted molar refractivity (Wildman–Crippen MR) is 125 cm³/mol. The van der Waals surface area contributed by atoms with E-state index in [0.717, 1.165) is 51.8 Å². The summed E-state index contributed by atoms with van der Waals surface area (Å²) in [5, 5.41) is 10.1. The lowest BCUT2D eigenvalue weighted by Gasteiger charge is -2.07. The van der Waals surface area contributed by atoms with Crippen molar-refractivity contribution in [2.75, 3.05) is 6.61 Å². The number of nitrogens with zero attached hydrogens (tertiary/aromatic N) is 3. The van der Waals surface area contributed by atoms with Gasteiger partial charge in [-0.15, -0.1) is 10.2 Å². The van der Waals surface area contributed by atoms with Gasteiger partial charge in [-0.3, -0.25) is 0 Å². The van der Waals surface area contributed by atoms with Crippen LogP contribution in [-0.2, 0) is 0 Å². The molecule has 0 aliphatic heterocycles. The van der Waals surface area contributed by atoms with Gasteiger partial charge in [0, 0.05) is 17.0 Å². The molecule has 0 fully saturated rings. The summed E-state index contributed by atoms with van der Waals surface area (Å²) in [5.74, 6) is 0.830. The molecule has 0 saturated carbocycles. The molecule has 5 aromatic rings. The number of hydrogen-bond acceptors (Lipinski definition) is 5. The van der Waals surface area contributed by atoms with Crippen LogP contribution < -0.4 is 10.4 Å². The third-order valence-corrected chi connectivity index (χ3v) is 5.55. The Balaban J connectivity index is 1.53. The molecule has 0 unspecified atom stereocenters. The lowest BCUT2D eigenvalue weighted by atomic mass is 10.1. The van der Waals surface area contributed by atoms with Gasteiger partial charge in [-0.25, -0.2) is 4.79 Å². The third kappa shape index (κ3) is 3.64. The van der Waals surface area contributed by atoms with Gasteiger partial charge in [0.25, 0.3) is 0 Å². The maximum Gasteiger partial charge on any atom is 0.344 e. The van der Waals surface area contributed by atoms with Crippen LogP contribution in [0.4, 0.5) is 0 Å². The monoisotopic (exact) mass is 425 g/mol. The molecule has 2 heterocycles. The summed E-state index contributed by atoms with van der Waals surface area (Å²) in [6.07, 6.45) is 2.10. The van der Waals surface area contributed by atoms with Crippen LogP contribution >= 0.6 is 0 Å². The predicted octanol–water partition coefficient (Wildman–Crippen LogP) is 5.68. The fraction of sp³-hybridized carbons (Fsp3) is 0.192. The Hall–Kier alpha value is -3.93. The molecule has 0 aliphatic rings. The molecule has 6 nitrogen and oxygen atoms in total. The molecule has 6 heteroatoms. The van der Waals surface area contributed by atoms with E-state index in [-0.39, 0.29) is 5.63 Å². The number of rotatable bonds is 6. The van der Waals surface area contributed by atoms with Crippen LogP contribution in [0.5, 0.6) is 5.75 Å². The molecule has 3 aromatic carbocycles. The third-order valence-electron chi connectivity index (χ3n) is 5.55. The summed E-state index contributed by atoms with van der Waals surface area (Å²) in [7, 11) is 0. The number of aromatic nitrogens is 3. The summed E-state index contributed by atoms with van der Waals surface area (Å²) < 4.78 is 11.5. The van der Waals surface area contributed by atoms with Gasteiger partial charge in [-0.2, -0.15) is 4.80 Å². The van der Waals surface area contributed by atoms with Crippen molar-refractivity contribution in [1.29, 1.82) is 0 Å². The summed E-state index contributed by atoms with van der Waals surface area (Å²) in [5.41, 5.74) is 4.76. The van der Waals surface area contributed by atoms with E-state index in [0.29, 0.717) is 17.8 Å². The number of fused-ring (bicyclic) bond motifs is 2. The molecule has 0 aliphatic carbocycles. The zero-order valence-corrected chi connectivity index (χ0v) is 18.0. The number of unbranched alkanes of at least 4 members (excludes halogenated alkanes) is 1. The number of hydrogen-bond donors (Lipinski definition) is 0. The van der Waals surface area contributed by atoms with E-state index in [9.17, 15) is 4.79 Å². The highest BCUT2D eigenvalue weighted by molar-refractivity contribution is 5.84. The standard InChI is InChI=1S/C26H23N3O3/c1-3-4-14-31-23-13-12-22-25(17(23)2)28-29(27-22)20-11-10-19-15-21(18-8-6-5-7-9-18)26(30)32-24(19)16-20/h5-13,15-16H,3-4,14H2,1-2H3. The number of ether oxygens (including phenoxy) is 1. The highest BCUT2D eigenvalue weighted by Gasteiger charge is 2.13. The Morgan fingerprint density at radius 2 is 1.84 bits per heavy atom. The summed E-state index contributed by atoms with van der Waals surface area (Å²) in [6.45, 7) is 4.82. The van der Waals surface area contributed by atoms with Crippen molar-refractivity contribution >= 4 is 22.0 Å². The normalized spacial score (nSPS) is 11.3. The van der Waals surface area contributed by atoms with Gasteiger partial charge in [-0.1, -0.05) is 43.7 Å². The largest absolute Gasteiger partial charge is 0.493 e. The molecule has 32 heavy (non-hydrogen) atoms. The maximum atomic E-state index is 12.6. The minimum Gasteiger partial charge on any atom is -0.493 e. The Morgan fingerprint density at radius 3 is 2.66 bits per heavy atom. The lowest BCUT2D eigenvalue weighted by molar-refractivity contribution is 0.308. The van der Waals surface area contributed by atoms with Crippen LogP contribution in [0.3, 0.4) is 0 Å².